The van der Waals surface area contributed by atoms with Gasteiger partial charge in [-0.1, -0.05) is 42.6 Å². The van der Waals surface area contributed by atoms with Crippen molar-refractivity contribution in [2.75, 3.05) is 18.9 Å². The van der Waals surface area contributed by atoms with Crippen molar-refractivity contribution in [3.63, 3.8) is 0 Å². The number of aliphatic hydroxyl groups is 1. The van der Waals surface area contributed by atoms with Crippen molar-refractivity contribution >= 4 is 37.3 Å². The second-order valence-electron chi connectivity index (χ2n) is 8.38. The summed E-state index contributed by atoms with van der Waals surface area (Å²) in [5.74, 6) is 0.155. The summed E-state index contributed by atoms with van der Waals surface area (Å²) in [6.07, 6.45) is 4.12. The summed E-state index contributed by atoms with van der Waals surface area (Å²) in [4.78, 5) is -0.478. The number of benzene rings is 2. The molecule has 0 heterocycles. The predicted octanol–water partition coefficient (Wildman–Crippen LogP) is 3.16. The third-order valence-electron chi connectivity index (χ3n) is 6.02. The van der Waals surface area contributed by atoms with Gasteiger partial charge in [-0.05, 0) is 55.0 Å². The molecule has 8 nitrogen and oxygen atoms in total. The Hall–Kier alpha value is -1.69. The zero-order chi connectivity index (χ0) is 24.2. The predicted molar refractivity (Wildman–Crippen MR) is 129 cm³/mol. The molecule has 0 aromatic heterocycles. The number of sulfonamides is 2. The molecule has 33 heavy (non-hydrogen) atoms. The number of anilines is 1. The Balaban J connectivity index is 1.79. The molecule has 2 atom stereocenters. The SMILES string of the molecule is CN(Cc1ccccc1Cl)S(=O)(=O)c1ccc(NCC[C@@H]2CCCC[C@@H]2O)c(S(N)(=O)=O)c1. The minimum Gasteiger partial charge on any atom is -0.393 e. The van der Waals surface area contributed by atoms with Crippen LogP contribution in [0.5, 0.6) is 0 Å². The van der Waals surface area contributed by atoms with Crippen molar-refractivity contribution in [3.05, 3.63) is 53.1 Å². The quantitative estimate of drug-likeness (QED) is 0.470. The van der Waals surface area contributed by atoms with E-state index in [0.29, 0.717) is 23.6 Å². The van der Waals surface area contributed by atoms with Gasteiger partial charge in [-0.15, -0.1) is 0 Å². The first-order valence-electron chi connectivity index (χ1n) is 10.8. The monoisotopic (exact) mass is 515 g/mol. The first-order chi connectivity index (χ1) is 15.5. The topological polar surface area (TPSA) is 130 Å². The van der Waals surface area contributed by atoms with Crippen LogP contribution in [0.1, 0.15) is 37.7 Å². The molecule has 2 aromatic rings. The number of hydrogen-bond donors (Lipinski definition) is 3. The zero-order valence-electron chi connectivity index (χ0n) is 18.4. The average molecular weight is 516 g/mol. The van der Waals surface area contributed by atoms with Crippen molar-refractivity contribution in [1.29, 1.82) is 0 Å². The number of aliphatic hydroxyl groups excluding tert-OH is 1. The second kappa shape index (κ2) is 10.7. The highest BCUT2D eigenvalue weighted by molar-refractivity contribution is 7.90. The number of nitrogens with one attached hydrogen (secondary N) is 1. The normalized spacial score (nSPS) is 19.5. The Labute approximate surface area is 200 Å². The molecule has 1 aliphatic rings. The van der Waals surface area contributed by atoms with Crippen LogP contribution in [0.15, 0.2) is 52.3 Å². The molecule has 0 aliphatic heterocycles. The van der Waals surface area contributed by atoms with Gasteiger partial charge in [0.05, 0.1) is 16.7 Å². The highest BCUT2D eigenvalue weighted by atomic mass is 35.5. The molecular weight excluding hydrogens is 486 g/mol. The Morgan fingerprint density at radius 2 is 1.82 bits per heavy atom. The molecule has 0 spiro atoms. The van der Waals surface area contributed by atoms with E-state index in [1.54, 1.807) is 24.3 Å². The Bertz CT molecular complexity index is 1190. The standard InChI is InChI=1S/C22H30ClN3O5S2/c1-26(15-17-7-2-4-8-19(17)23)33(30,31)18-10-11-20(22(14-18)32(24,28)29)25-13-12-16-6-3-5-9-21(16)27/h2,4,7-8,10-11,14,16,21,25,27H,3,5-6,9,12-13,15H2,1H3,(H2,24,28,29)/t16-,21-/m0/s1. The summed E-state index contributed by atoms with van der Waals surface area (Å²) >= 11 is 6.14. The Morgan fingerprint density at radius 3 is 2.48 bits per heavy atom. The minimum atomic E-state index is -4.19. The molecular formula is C22H30ClN3O5S2. The molecule has 0 saturated heterocycles. The average Bonchev–Trinajstić information content (AvgIpc) is 2.76. The van der Waals surface area contributed by atoms with Crippen LogP contribution in [0.2, 0.25) is 5.02 Å². The van der Waals surface area contributed by atoms with Gasteiger partial charge in [0.15, 0.2) is 0 Å². The van der Waals surface area contributed by atoms with Gasteiger partial charge < -0.3 is 10.4 Å². The molecule has 1 fully saturated rings. The summed E-state index contributed by atoms with van der Waals surface area (Å²) in [5.41, 5.74) is 0.857. The minimum absolute atomic E-state index is 0.0242. The smallest absolute Gasteiger partial charge is 0.243 e. The lowest BCUT2D eigenvalue weighted by atomic mass is 9.84. The van der Waals surface area contributed by atoms with Crippen LogP contribution in [0.4, 0.5) is 5.69 Å². The maximum atomic E-state index is 13.1. The lowest BCUT2D eigenvalue weighted by Gasteiger charge is -2.27. The van der Waals surface area contributed by atoms with Gasteiger partial charge in [0.2, 0.25) is 20.0 Å². The van der Waals surface area contributed by atoms with E-state index in [1.165, 1.54) is 19.2 Å². The third kappa shape index (κ3) is 6.46. The van der Waals surface area contributed by atoms with Gasteiger partial charge in [0.1, 0.15) is 4.90 Å². The van der Waals surface area contributed by atoms with Crippen LogP contribution >= 0.6 is 11.6 Å². The second-order valence-corrected chi connectivity index (χ2v) is 12.4. The van der Waals surface area contributed by atoms with Crippen LogP contribution < -0.4 is 10.5 Å². The summed E-state index contributed by atoms with van der Waals surface area (Å²) in [6, 6.07) is 10.7. The van der Waals surface area contributed by atoms with Gasteiger partial charge in [-0.3, -0.25) is 0 Å². The van der Waals surface area contributed by atoms with Crippen LogP contribution in [0, 0.1) is 5.92 Å². The van der Waals surface area contributed by atoms with Gasteiger partial charge >= 0.3 is 0 Å². The van der Waals surface area contributed by atoms with Crippen LogP contribution in [-0.2, 0) is 26.6 Å². The molecule has 2 aromatic carbocycles. The van der Waals surface area contributed by atoms with E-state index in [1.807, 2.05) is 0 Å². The maximum absolute atomic E-state index is 13.1. The van der Waals surface area contributed by atoms with Crippen LogP contribution in [0.25, 0.3) is 0 Å². The fourth-order valence-corrected chi connectivity index (χ4v) is 6.28. The highest BCUT2D eigenvalue weighted by Gasteiger charge is 2.26. The van der Waals surface area contributed by atoms with E-state index in [-0.39, 0.29) is 34.0 Å². The lowest BCUT2D eigenvalue weighted by molar-refractivity contribution is 0.0672. The summed E-state index contributed by atoms with van der Waals surface area (Å²) in [7, 11) is -6.79. The zero-order valence-corrected chi connectivity index (χ0v) is 20.8. The molecule has 0 radical (unpaired) electrons. The van der Waals surface area contributed by atoms with E-state index in [4.69, 9.17) is 16.7 Å². The van der Waals surface area contributed by atoms with Crippen LogP contribution in [-0.4, -0.2) is 45.9 Å². The van der Waals surface area contributed by atoms with Gasteiger partial charge in [0.25, 0.3) is 0 Å². The van der Waals surface area contributed by atoms with Crippen molar-refractivity contribution < 1.29 is 21.9 Å². The Morgan fingerprint density at radius 1 is 1.12 bits per heavy atom. The number of nitrogens with two attached hydrogens (primary N) is 1. The number of nitrogens with zero attached hydrogens (tertiary/aromatic N) is 1. The van der Waals surface area contributed by atoms with Crippen molar-refractivity contribution in [2.45, 2.75) is 54.5 Å². The number of primary sulfonamides is 1. The molecule has 0 unspecified atom stereocenters. The molecule has 4 N–H and O–H groups in total. The van der Waals surface area contributed by atoms with E-state index >= 15 is 0 Å². The van der Waals surface area contributed by atoms with E-state index < -0.39 is 20.0 Å². The molecule has 0 amide bonds. The van der Waals surface area contributed by atoms with E-state index in [9.17, 15) is 21.9 Å². The van der Waals surface area contributed by atoms with Gasteiger partial charge in [0, 0.05) is 25.2 Å². The lowest BCUT2D eigenvalue weighted by Crippen LogP contribution is -2.27. The molecule has 3 rings (SSSR count). The number of hydrogen-bond acceptors (Lipinski definition) is 6. The molecule has 1 aliphatic carbocycles. The van der Waals surface area contributed by atoms with E-state index in [0.717, 1.165) is 36.1 Å². The number of rotatable bonds is 9. The molecule has 11 heteroatoms. The fourth-order valence-electron chi connectivity index (χ4n) is 4.09. The van der Waals surface area contributed by atoms with Crippen LogP contribution in [0.3, 0.4) is 0 Å². The van der Waals surface area contributed by atoms with Crippen molar-refractivity contribution in [2.24, 2.45) is 11.1 Å². The summed E-state index contributed by atoms with van der Waals surface area (Å²) < 4.78 is 51.7. The first-order valence-corrected chi connectivity index (χ1v) is 14.1. The fraction of sp³-hybridized carbons (Fsp3) is 0.455. The first kappa shape index (κ1) is 25.9. The van der Waals surface area contributed by atoms with Crippen molar-refractivity contribution in [3.8, 4) is 0 Å². The molecule has 1 saturated carbocycles. The Kier molecular flexibility index (Phi) is 8.41. The largest absolute Gasteiger partial charge is 0.393 e. The third-order valence-corrected chi connectivity index (χ3v) is 9.14. The summed E-state index contributed by atoms with van der Waals surface area (Å²) in [6.45, 7) is 0.458. The van der Waals surface area contributed by atoms with Gasteiger partial charge in [-0.2, -0.15) is 4.31 Å². The maximum Gasteiger partial charge on any atom is 0.243 e. The molecule has 182 valence electrons. The highest BCUT2D eigenvalue weighted by Crippen LogP contribution is 2.29. The molecule has 0 bridgehead atoms. The number of halogens is 1. The summed E-state index contributed by atoms with van der Waals surface area (Å²) in [5, 5.41) is 19.0. The van der Waals surface area contributed by atoms with Crippen molar-refractivity contribution in [1.82, 2.24) is 4.31 Å². The van der Waals surface area contributed by atoms with E-state index in [2.05, 4.69) is 5.32 Å². The van der Waals surface area contributed by atoms with Gasteiger partial charge in [-0.25, -0.2) is 22.0 Å².